The molecule has 0 aliphatic heterocycles. The van der Waals surface area contributed by atoms with Gasteiger partial charge in [0.2, 0.25) is 0 Å². The molecular formula is C21H27ClN2O3. The Morgan fingerprint density at radius 2 is 1.85 bits per heavy atom. The number of hydrogen-bond donors (Lipinski definition) is 2. The molecule has 27 heavy (non-hydrogen) atoms. The largest absolute Gasteiger partial charge is 0.493 e. The van der Waals surface area contributed by atoms with Crippen LogP contribution in [-0.4, -0.2) is 26.2 Å². The number of rotatable bonds is 9. The van der Waals surface area contributed by atoms with Crippen molar-refractivity contribution >= 4 is 23.2 Å². The van der Waals surface area contributed by atoms with E-state index in [4.69, 9.17) is 21.1 Å². The van der Waals surface area contributed by atoms with Gasteiger partial charge in [-0.15, -0.1) is 0 Å². The van der Waals surface area contributed by atoms with Gasteiger partial charge in [0.25, 0.3) is 5.91 Å². The summed E-state index contributed by atoms with van der Waals surface area (Å²) in [4.78, 5) is 12.1. The maximum Gasteiger partial charge on any atom is 0.262 e. The number of hydrogen-bond acceptors (Lipinski definition) is 4. The van der Waals surface area contributed by atoms with Gasteiger partial charge >= 0.3 is 0 Å². The van der Waals surface area contributed by atoms with Crippen LogP contribution in [0.4, 0.5) is 5.69 Å². The Bertz CT molecular complexity index is 761. The van der Waals surface area contributed by atoms with E-state index in [2.05, 4.69) is 24.5 Å². The molecule has 2 aromatic rings. The van der Waals surface area contributed by atoms with E-state index in [1.165, 1.54) is 0 Å². The Morgan fingerprint density at radius 1 is 1.15 bits per heavy atom. The SMILES string of the molecule is COc1cc(CNCC(C)C)c(Cl)cc1OCC(=O)Nc1ccc(C)cc1. The smallest absolute Gasteiger partial charge is 0.262 e. The van der Waals surface area contributed by atoms with Crippen molar-refractivity contribution in [3.63, 3.8) is 0 Å². The number of anilines is 1. The summed E-state index contributed by atoms with van der Waals surface area (Å²) in [6, 6.07) is 11.1. The molecule has 0 spiro atoms. The second kappa shape index (κ2) is 10.2. The number of benzene rings is 2. The van der Waals surface area contributed by atoms with Crippen LogP contribution in [0.2, 0.25) is 5.02 Å². The number of halogens is 1. The van der Waals surface area contributed by atoms with E-state index in [0.29, 0.717) is 29.0 Å². The second-order valence-corrected chi connectivity index (χ2v) is 7.23. The molecule has 0 atom stereocenters. The lowest BCUT2D eigenvalue weighted by Gasteiger charge is -2.15. The lowest BCUT2D eigenvalue weighted by molar-refractivity contribution is -0.118. The highest BCUT2D eigenvalue weighted by molar-refractivity contribution is 6.31. The molecule has 146 valence electrons. The van der Waals surface area contributed by atoms with Gasteiger partial charge in [-0.05, 0) is 43.1 Å². The van der Waals surface area contributed by atoms with Crippen LogP contribution in [-0.2, 0) is 11.3 Å². The number of amides is 1. The van der Waals surface area contributed by atoms with Crippen LogP contribution in [0.5, 0.6) is 11.5 Å². The van der Waals surface area contributed by atoms with Crippen LogP contribution in [0.15, 0.2) is 36.4 Å². The number of carbonyl (C=O) groups excluding carboxylic acids is 1. The van der Waals surface area contributed by atoms with Crippen molar-refractivity contribution in [1.82, 2.24) is 5.32 Å². The molecular weight excluding hydrogens is 364 g/mol. The first-order valence-corrected chi connectivity index (χ1v) is 9.33. The van der Waals surface area contributed by atoms with E-state index < -0.39 is 0 Å². The van der Waals surface area contributed by atoms with Crippen LogP contribution in [0, 0.1) is 12.8 Å². The zero-order chi connectivity index (χ0) is 19.8. The van der Waals surface area contributed by atoms with Gasteiger partial charge in [0.15, 0.2) is 18.1 Å². The zero-order valence-corrected chi connectivity index (χ0v) is 17.0. The predicted octanol–water partition coefficient (Wildman–Crippen LogP) is 4.42. The number of aryl methyl sites for hydroxylation is 1. The van der Waals surface area contributed by atoms with Gasteiger partial charge < -0.3 is 20.1 Å². The van der Waals surface area contributed by atoms with E-state index in [1.54, 1.807) is 13.2 Å². The summed E-state index contributed by atoms with van der Waals surface area (Å²) in [6.07, 6.45) is 0. The number of ether oxygens (including phenoxy) is 2. The topological polar surface area (TPSA) is 59.6 Å². The maximum atomic E-state index is 12.1. The maximum absolute atomic E-state index is 12.1. The summed E-state index contributed by atoms with van der Waals surface area (Å²) in [6.45, 7) is 7.69. The highest BCUT2D eigenvalue weighted by atomic mass is 35.5. The molecule has 0 unspecified atom stereocenters. The second-order valence-electron chi connectivity index (χ2n) is 6.82. The van der Waals surface area contributed by atoms with Crippen molar-refractivity contribution in [2.75, 3.05) is 25.6 Å². The fraction of sp³-hybridized carbons (Fsp3) is 0.381. The van der Waals surface area contributed by atoms with Crippen LogP contribution in [0.25, 0.3) is 0 Å². The van der Waals surface area contributed by atoms with Gasteiger partial charge in [-0.25, -0.2) is 0 Å². The monoisotopic (exact) mass is 390 g/mol. The van der Waals surface area contributed by atoms with Gasteiger partial charge in [0.05, 0.1) is 7.11 Å². The first-order valence-electron chi connectivity index (χ1n) is 8.95. The van der Waals surface area contributed by atoms with Crippen LogP contribution in [0.1, 0.15) is 25.0 Å². The molecule has 0 aromatic heterocycles. The van der Waals surface area contributed by atoms with Crippen molar-refractivity contribution < 1.29 is 14.3 Å². The minimum atomic E-state index is -0.250. The molecule has 0 saturated carbocycles. The molecule has 5 nitrogen and oxygen atoms in total. The quantitative estimate of drug-likeness (QED) is 0.665. The van der Waals surface area contributed by atoms with Crippen LogP contribution in [0.3, 0.4) is 0 Å². The third-order valence-electron chi connectivity index (χ3n) is 3.89. The lowest BCUT2D eigenvalue weighted by atomic mass is 10.1. The fourth-order valence-electron chi connectivity index (χ4n) is 2.46. The molecule has 2 rings (SSSR count). The lowest BCUT2D eigenvalue weighted by Crippen LogP contribution is -2.21. The highest BCUT2D eigenvalue weighted by Crippen LogP contribution is 2.33. The van der Waals surface area contributed by atoms with E-state index >= 15 is 0 Å². The summed E-state index contributed by atoms with van der Waals surface area (Å²) >= 11 is 6.36. The van der Waals surface area contributed by atoms with Crippen molar-refractivity contribution in [1.29, 1.82) is 0 Å². The summed E-state index contributed by atoms with van der Waals surface area (Å²) in [5.41, 5.74) is 2.78. The molecule has 1 amide bonds. The van der Waals surface area contributed by atoms with Crippen LogP contribution >= 0.6 is 11.6 Å². The fourth-order valence-corrected chi connectivity index (χ4v) is 2.68. The minimum absolute atomic E-state index is 0.133. The third-order valence-corrected chi connectivity index (χ3v) is 4.25. The number of nitrogens with one attached hydrogen (secondary N) is 2. The minimum Gasteiger partial charge on any atom is -0.493 e. The molecule has 2 N–H and O–H groups in total. The molecule has 6 heteroatoms. The van der Waals surface area contributed by atoms with E-state index in [0.717, 1.165) is 23.4 Å². The van der Waals surface area contributed by atoms with Gasteiger partial charge in [-0.3, -0.25) is 4.79 Å². The summed E-state index contributed by atoms with van der Waals surface area (Å²) in [5, 5.41) is 6.71. The van der Waals surface area contributed by atoms with Gasteiger partial charge in [0.1, 0.15) is 0 Å². The molecule has 0 heterocycles. The first kappa shape index (κ1) is 21.1. The van der Waals surface area contributed by atoms with E-state index in [9.17, 15) is 4.79 Å². The average Bonchev–Trinajstić information content (AvgIpc) is 2.63. The molecule has 0 saturated heterocycles. The molecule has 0 bridgehead atoms. The van der Waals surface area contributed by atoms with Gasteiger partial charge in [0, 0.05) is 23.3 Å². The van der Waals surface area contributed by atoms with Crippen molar-refractivity contribution in [3.8, 4) is 11.5 Å². The predicted molar refractivity (Wildman–Crippen MR) is 110 cm³/mol. The molecule has 2 aromatic carbocycles. The summed E-state index contributed by atoms with van der Waals surface area (Å²) in [5.74, 6) is 1.29. The van der Waals surface area contributed by atoms with Crippen molar-refractivity contribution in [3.05, 3.63) is 52.5 Å². The Labute approximate surface area is 166 Å². The Morgan fingerprint density at radius 3 is 2.48 bits per heavy atom. The van der Waals surface area contributed by atoms with Gasteiger partial charge in [-0.1, -0.05) is 43.1 Å². The Hall–Kier alpha value is -2.24. The molecule has 0 fully saturated rings. The summed E-state index contributed by atoms with van der Waals surface area (Å²) < 4.78 is 11.0. The first-order chi connectivity index (χ1) is 12.9. The average molecular weight is 391 g/mol. The number of carbonyl (C=O) groups is 1. The summed E-state index contributed by atoms with van der Waals surface area (Å²) in [7, 11) is 1.56. The Balaban J connectivity index is 1.97. The molecule has 0 aliphatic rings. The zero-order valence-electron chi connectivity index (χ0n) is 16.3. The highest BCUT2D eigenvalue weighted by Gasteiger charge is 2.12. The Kier molecular flexibility index (Phi) is 7.95. The number of methoxy groups -OCH3 is 1. The van der Waals surface area contributed by atoms with Crippen molar-refractivity contribution in [2.24, 2.45) is 5.92 Å². The van der Waals surface area contributed by atoms with Crippen LogP contribution < -0.4 is 20.1 Å². The normalized spacial score (nSPS) is 10.7. The standard InChI is InChI=1S/C21H27ClN2O3/c1-14(2)11-23-12-16-9-19(26-4)20(10-18(16)22)27-13-21(25)24-17-7-5-15(3)6-8-17/h5-10,14,23H,11-13H2,1-4H3,(H,24,25). The van der Waals surface area contributed by atoms with Gasteiger partial charge in [-0.2, -0.15) is 0 Å². The molecule has 0 aliphatic carbocycles. The van der Waals surface area contributed by atoms with E-state index in [-0.39, 0.29) is 12.5 Å². The van der Waals surface area contributed by atoms with Crippen molar-refractivity contribution in [2.45, 2.75) is 27.3 Å². The molecule has 0 radical (unpaired) electrons. The van der Waals surface area contributed by atoms with E-state index in [1.807, 2.05) is 37.3 Å². The third kappa shape index (κ3) is 6.77.